The number of carbonyl (C=O) groups excluding carboxylic acids is 1. The molecule has 152 valence electrons. The van der Waals surface area contributed by atoms with Gasteiger partial charge < -0.3 is 24.4 Å². The molecule has 1 heterocycles. The van der Waals surface area contributed by atoms with Crippen LogP contribution in [0, 0.1) is 0 Å². The standard InChI is InChI=1S/C21H34N2O4/c1-4-25-18-15-17(16-19(26-5-2)20(18)27-6-3)21(24)22-11-7-8-12-23-13-9-10-14-23/h15-16H,4-14H2,1-3H3,(H,22,24). The number of hydrogen-bond donors (Lipinski definition) is 1. The summed E-state index contributed by atoms with van der Waals surface area (Å²) < 4.78 is 17.0. The molecule has 0 aromatic heterocycles. The normalized spacial score (nSPS) is 14.2. The number of amides is 1. The number of nitrogens with zero attached hydrogens (tertiary/aromatic N) is 1. The number of carbonyl (C=O) groups is 1. The average Bonchev–Trinajstić information content (AvgIpc) is 3.17. The van der Waals surface area contributed by atoms with Crippen LogP contribution < -0.4 is 19.5 Å². The van der Waals surface area contributed by atoms with Crippen molar-refractivity contribution >= 4 is 5.91 Å². The maximum absolute atomic E-state index is 12.6. The van der Waals surface area contributed by atoms with Crippen molar-refractivity contribution in [3.63, 3.8) is 0 Å². The first-order valence-electron chi connectivity index (χ1n) is 10.3. The molecule has 6 heteroatoms. The van der Waals surface area contributed by atoms with Crippen LogP contribution >= 0.6 is 0 Å². The highest BCUT2D eigenvalue weighted by atomic mass is 16.5. The molecule has 1 aromatic carbocycles. The van der Waals surface area contributed by atoms with Gasteiger partial charge in [0.05, 0.1) is 19.8 Å². The van der Waals surface area contributed by atoms with E-state index in [4.69, 9.17) is 14.2 Å². The van der Waals surface area contributed by atoms with E-state index in [1.54, 1.807) is 12.1 Å². The second-order valence-electron chi connectivity index (χ2n) is 6.61. The Balaban J connectivity index is 1.94. The third-order valence-electron chi connectivity index (χ3n) is 4.56. The molecular weight excluding hydrogens is 344 g/mol. The van der Waals surface area contributed by atoms with Crippen molar-refractivity contribution in [2.45, 2.75) is 46.5 Å². The van der Waals surface area contributed by atoms with Crippen molar-refractivity contribution in [3.05, 3.63) is 17.7 Å². The van der Waals surface area contributed by atoms with E-state index in [1.807, 2.05) is 20.8 Å². The van der Waals surface area contributed by atoms with Crippen LogP contribution in [0.25, 0.3) is 0 Å². The van der Waals surface area contributed by atoms with E-state index >= 15 is 0 Å². The van der Waals surface area contributed by atoms with Gasteiger partial charge in [0.1, 0.15) is 0 Å². The number of rotatable bonds is 12. The van der Waals surface area contributed by atoms with E-state index in [2.05, 4.69) is 10.2 Å². The Morgan fingerprint density at radius 2 is 1.56 bits per heavy atom. The molecule has 0 saturated carbocycles. The monoisotopic (exact) mass is 378 g/mol. The maximum Gasteiger partial charge on any atom is 0.251 e. The predicted molar refractivity (Wildman–Crippen MR) is 107 cm³/mol. The molecule has 6 nitrogen and oxygen atoms in total. The van der Waals surface area contributed by atoms with Gasteiger partial charge in [-0.25, -0.2) is 0 Å². The van der Waals surface area contributed by atoms with Gasteiger partial charge in [0.15, 0.2) is 11.5 Å². The van der Waals surface area contributed by atoms with Crippen LogP contribution in [0.4, 0.5) is 0 Å². The van der Waals surface area contributed by atoms with Crippen LogP contribution in [0.15, 0.2) is 12.1 Å². The Kier molecular flexibility index (Phi) is 9.25. The van der Waals surface area contributed by atoms with Crippen molar-refractivity contribution in [2.75, 3.05) is 46.0 Å². The quantitative estimate of drug-likeness (QED) is 0.564. The van der Waals surface area contributed by atoms with Gasteiger partial charge in [0, 0.05) is 12.1 Å². The van der Waals surface area contributed by atoms with Gasteiger partial charge >= 0.3 is 0 Å². The summed E-state index contributed by atoms with van der Waals surface area (Å²) in [5, 5.41) is 3.01. The van der Waals surface area contributed by atoms with Gasteiger partial charge in [0.25, 0.3) is 5.91 Å². The molecule has 0 bridgehead atoms. The summed E-state index contributed by atoms with van der Waals surface area (Å²) >= 11 is 0. The molecule has 1 fully saturated rings. The zero-order chi connectivity index (χ0) is 19.5. The molecule has 1 amide bonds. The Labute approximate surface area is 163 Å². The molecule has 0 aliphatic carbocycles. The summed E-state index contributed by atoms with van der Waals surface area (Å²) in [7, 11) is 0. The minimum Gasteiger partial charge on any atom is -0.490 e. The van der Waals surface area contributed by atoms with Gasteiger partial charge in [-0.1, -0.05) is 0 Å². The van der Waals surface area contributed by atoms with E-state index in [-0.39, 0.29) is 5.91 Å². The molecule has 1 N–H and O–H groups in total. The summed E-state index contributed by atoms with van der Waals surface area (Å²) in [6.45, 7) is 11.5. The molecule has 0 spiro atoms. The highest BCUT2D eigenvalue weighted by Crippen LogP contribution is 2.39. The zero-order valence-electron chi connectivity index (χ0n) is 17.0. The first-order chi connectivity index (χ1) is 13.2. The highest BCUT2D eigenvalue weighted by Gasteiger charge is 2.18. The van der Waals surface area contributed by atoms with Gasteiger partial charge in [-0.15, -0.1) is 0 Å². The fraction of sp³-hybridized carbons (Fsp3) is 0.667. The van der Waals surface area contributed by atoms with E-state index in [0.717, 1.165) is 19.4 Å². The first kappa shape index (κ1) is 21.4. The van der Waals surface area contributed by atoms with Crippen molar-refractivity contribution in [1.29, 1.82) is 0 Å². The molecule has 0 radical (unpaired) electrons. The molecule has 1 aliphatic heterocycles. The largest absolute Gasteiger partial charge is 0.490 e. The van der Waals surface area contributed by atoms with Gasteiger partial charge in [-0.3, -0.25) is 4.79 Å². The molecule has 1 aliphatic rings. The first-order valence-corrected chi connectivity index (χ1v) is 10.3. The number of unbranched alkanes of at least 4 members (excludes halogenated alkanes) is 1. The van der Waals surface area contributed by atoms with Gasteiger partial charge in [-0.05, 0) is 78.2 Å². The predicted octanol–water partition coefficient (Wildman–Crippen LogP) is 3.49. The fourth-order valence-corrected chi connectivity index (χ4v) is 3.29. The Hall–Kier alpha value is -1.95. The number of ether oxygens (including phenoxy) is 3. The average molecular weight is 379 g/mol. The van der Waals surface area contributed by atoms with Crippen molar-refractivity contribution in [3.8, 4) is 17.2 Å². The minimum atomic E-state index is -0.110. The highest BCUT2D eigenvalue weighted by molar-refractivity contribution is 5.95. The van der Waals surface area contributed by atoms with E-state index < -0.39 is 0 Å². The third kappa shape index (κ3) is 6.61. The topological polar surface area (TPSA) is 60.0 Å². The van der Waals surface area contributed by atoms with Crippen LogP contribution in [0.1, 0.15) is 56.8 Å². The van der Waals surface area contributed by atoms with E-state index in [9.17, 15) is 4.79 Å². The lowest BCUT2D eigenvalue weighted by molar-refractivity contribution is 0.0951. The van der Waals surface area contributed by atoms with Crippen LogP contribution in [-0.2, 0) is 0 Å². The summed E-state index contributed by atoms with van der Waals surface area (Å²) in [4.78, 5) is 15.1. The summed E-state index contributed by atoms with van der Waals surface area (Å²) in [5.74, 6) is 1.54. The molecule has 1 aromatic rings. The van der Waals surface area contributed by atoms with Crippen LogP contribution in [-0.4, -0.2) is 56.8 Å². The molecule has 27 heavy (non-hydrogen) atoms. The van der Waals surface area contributed by atoms with Crippen LogP contribution in [0.5, 0.6) is 17.2 Å². The van der Waals surface area contributed by atoms with E-state index in [0.29, 0.717) is 49.2 Å². The second-order valence-corrected chi connectivity index (χ2v) is 6.61. The Morgan fingerprint density at radius 1 is 0.963 bits per heavy atom. The number of hydrogen-bond acceptors (Lipinski definition) is 5. The van der Waals surface area contributed by atoms with Crippen molar-refractivity contribution in [2.24, 2.45) is 0 Å². The van der Waals surface area contributed by atoms with E-state index in [1.165, 1.54) is 25.9 Å². The molecule has 0 atom stereocenters. The summed E-state index contributed by atoms with van der Waals surface area (Å²) in [5.41, 5.74) is 0.532. The van der Waals surface area contributed by atoms with Gasteiger partial charge in [-0.2, -0.15) is 0 Å². The van der Waals surface area contributed by atoms with Crippen LogP contribution in [0.3, 0.4) is 0 Å². The van der Waals surface area contributed by atoms with Crippen LogP contribution in [0.2, 0.25) is 0 Å². The lowest BCUT2D eigenvalue weighted by atomic mass is 10.1. The summed E-state index contributed by atoms with van der Waals surface area (Å²) in [6, 6.07) is 3.47. The minimum absolute atomic E-state index is 0.110. The SMILES string of the molecule is CCOc1cc(C(=O)NCCCCN2CCCC2)cc(OCC)c1OCC. The number of benzene rings is 1. The molecular formula is C21H34N2O4. The third-order valence-corrected chi connectivity index (χ3v) is 4.56. The Morgan fingerprint density at radius 3 is 2.11 bits per heavy atom. The van der Waals surface area contributed by atoms with Gasteiger partial charge in [0.2, 0.25) is 5.75 Å². The number of nitrogens with one attached hydrogen (secondary N) is 1. The lowest BCUT2D eigenvalue weighted by Crippen LogP contribution is -2.26. The number of likely N-dealkylation sites (tertiary alicyclic amines) is 1. The zero-order valence-corrected chi connectivity index (χ0v) is 17.0. The van der Waals surface area contributed by atoms with Crippen molar-refractivity contribution < 1.29 is 19.0 Å². The lowest BCUT2D eigenvalue weighted by Gasteiger charge is -2.17. The second kappa shape index (κ2) is 11.7. The maximum atomic E-state index is 12.6. The summed E-state index contributed by atoms with van der Waals surface area (Å²) in [6.07, 6.45) is 4.73. The molecule has 0 unspecified atom stereocenters. The Bertz CT molecular complexity index is 559. The smallest absolute Gasteiger partial charge is 0.251 e. The molecule has 2 rings (SSSR count). The van der Waals surface area contributed by atoms with Crippen molar-refractivity contribution in [1.82, 2.24) is 10.2 Å². The fourth-order valence-electron chi connectivity index (χ4n) is 3.29. The molecule has 1 saturated heterocycles.